The molecule has 7 heteroatoms. The highest BCUT2D eigenvalue weighted by atomic mass is 32.2. The molecular weight excluding hydrogens is 274 g/mol. The van der Waals surface area contributed by atoms with Gasteiger partial charge in [0.05, 0.1) is 5.69 Å². The number of hydrogen-bond donors (Lipinski definition) is 1. The van der Waals surface area contributed by atoms with Crippen LogP contribution in [0, 0.1) is 0 Å². The van der Waals surface area contributed by atoms with Gasteiger partial charge in [-0.2, -0.15) is 4.68 Å². The minimum absolute atomic E-state index is 0.330. The van der Waals surface area contributed by atoms with E-state index in [9.17, 15) is 4.79 Å². The lowest BCUT2D eigenvalue weighted by molar-refractivity contribution is 0.467. The average molecular weight is 293 g/mol. The normalized spacial score (nSPS) is 11.2. The molecule has 0 saturated carbocycles. The number of rotatable bonds is 7. The molecule has 1 aromatic carbocycles. The largest absolute Gasteiger partial charge is 0.365 e. The van der Waals surface area contributed by atoms with Crippen LogP contribution in [0.15, 0.2) is 34.0 Å². The number of aromatic nitrogens is 4. The van der Waals surface area contributed by atoms with E-state index in [4.69, 9.17) is 0 Å². The molecule has 0 bridgehead atoms. The lowest BCUT2D eigenvalue weighted by Crippen LogP contribution is -2.17. The Balaban J connectivity index is 2.08. The molecule has 0 saturated heterocycles. The molecule has 1 N–H and O–H groups in total. The van der Waals surface area contributed by atoms with Crippen LogP contribution in [0.4, 0.5) is 0 Å². The molecule has 6 nitrogen and oxygen atoms in total. The minimum atomic E-state index is -0.330. The SMILES string of the molecule is CCCN(CCC)Sc1ccc(-n2nn[nH]c2=O)cc1. The van der Waals surface area contributed by atoms with Gasteiger partial charge in [-0.05, 0) is 59.5 Å². The number of hydrogen-bond acceptors (Lipinski definition) is 5. The Morgan fingerprint density at radius 1 is 1.20 bits per heavy atom. The van der Waals surface area contributed by atoms with E-state index in [-0.39, 0.29) is 5.69 Å². The smallest absolute Gasteiger partial charge is 0.246 e. The molecule has 0 spiro atoms. The van der Waals surface area contributed by atoms with Gasteiger partial charge in [0.2, 0.25) is 0 Å². The number of H-pyrrole nitrogens is 1. The Kier molecular flexibility index (Phi) is 5.37. The van der Waals surface area contributed by atoms with Crippen molar-refractivity contribution in [1.82, 2.24) is 24.5 Å². The Morgan fingerprint density at radius 2 is 1.85 bits per heavy atom. The Bertz CT molecular complexity index is 571. The van der Waals surface area contributed by atoms with Crippen LogP contribution in [0.1, 0.15) is 26.7 Å². The van der Waals surface area contributed by atoms with Crippen molar-refractivity contribution in [2.24, 2.45) is 0 Å². The van der Waals surface area contributed by atoms with Crippen LogP contribution in [0.25, 0.3) is 5.69 Å². The number of nitrogens with one attached hydrogen (secondary N) is 1. The van der Waals surface area contributed by atoms with Crippen molar-refractivity contribution in [3.63, 3.8) is 0 Å². The van der Waals surface area contributed by atoms with Crippen LogP contribution in [0.3, 0.4) is 0 Å². The van der Waals surface area contributed by atoms with Crippen LogP contribution in [-0.2, 0) is 0 Å². The van der Waals surface area contributed by atoms with E-state index in [0.29, 0.717) is 5.69 Å². The first-order chi connectivity index (χ1) is 9.74. The fourth-order valence-corrected chi connectivity index (χ4v) is 2.97. The molecule has 2 rings (SSSR count). The van der Waals surface area contributed by atoms with Gasteiger partial charge in [0.25, 0.3) is 0 Å². The maximum absolute atomic E-state index is 11.4. The molecule has 0 aliphatic heterocycles. The molecule has 108 valence electrons. The third-order valence-electron chi connectivity index (χ3n) is 2.73. The lowest BCUT2D eigenvalue weighted by atomic mass is 10.3. The van der Waals surface area contributed by atoms with Crippen molar-refractivity contribution in [1.29, 1.82) is 0 Å². The third-order valence-corrected chi connectivity index (χ3v) is 3.84. The van der Waals surface area contributed by atoms with Crippen LogP contribution in [-0.4, -0.2) is 37.6 Å². The van der Waals surface area contributed by atoms with Gasteiger partial charge in [-0.15, -0.1) is 0 Å². The van der Waals surface area contributed by atoms with Gasteiger partial charge in [-0.3, -0.25) is 0 Å². The minimum Gasteiger partial charge on any atom is -0.246 e. The molecule has 0 fully saturated rings. The molecule has 0 amide bonds. The zero-order valence-corrected chi connectivity index (χ0v) is 12.6. The molecule has 1 heterocycles. The first kappa shape index (κ1) is 14.8. The van der Waals surface area contributed by atoms with E-state index >= 15 is 0 Å². The highest BCUT2D eigenvalue weighted by molar-refractivity contribution is 7.97. The third kappa shape index (κ3) is 3.71. The summed E-state index contributed by atoms with van der Waals surface area (Å²) in [6.07, 6.45) is 2.28. The Hall–Kier alpha value is -1.60. The summed E-state index contributed by atoms with van der Waals surface area (Å²) in [5.74, 6) is 0. The molecule has 0 aliphatic carbocycles. The number of nitrogens with zero attached hydrogens (tertiary/aromatic N) is 4. The second-order valence-electron chi connectivity index (χ2n) is 4.43. The van der Waals surface area contributed by atoms with E-state index in [0.717, 1.165) is 30.8 Å². The van der Waals surface area contributed by atoms with Gasteiger partial charge >= 0.3 is 5.69 Å². The molecule has 0 unspecified atom stereocenters. The molecule has 0 radical (unpaired) electrons. The fraction of sp³-hybridized carbons (Fsp3) is 0.462. The van der Waals surface area contributed by atoms with Gasteiger partial charge in [0.1, 0.15) is 0 Å². The van der Waals surface area contributed by atoms with Crippen molar-refractivity contribution in [3.05, 3.63) is 34.7 Å². The standard InChI is InChI=1S/C13H19N5OS/c1-3-9-17(10-4-2)20-12-7-5-11(6-8-12)18-13(19)14-15-16-18/h5-8H,3-4,9-10H2,1-2H3,(H,14,16,19). The van der Waals surface area contributed by atoms with Crippen molar-refractivity contribution >= 4 is 11.9 Å². The van der Waals surface area contributed by atoms with Gasteiger partial charge in [0, 0.05) is 18.0 Å². The van der Waals surface area contributed by atoms with Gasteiger partial charge in [-0.25, -0.2) is 14.2 Å². The number of tetrazole rings is 1. The van der Waals surface area contributed by atoms with E-state index in [1.807, 2.05) is 24.3 Å². The molecular formula is C13H19N5OS. The van der Waals surface area contributed by atoms with Gasteiger partial charge < -0.3 is 0 Å². The predicted molar refractivity (Wildman–Crippen MR) is 80.0 cm³/mol. The highest BCUT2D eigenvalue weighted by Gasteiger charge is 2.06. The fourth-order valence-electron chi connectivity index (χ4n) is 1.87. The predicted octanol–water partition coefficient (Wildman–Crippen LogP) is 2.08. The Morgan fingerprint density at radius 3 is 2.35 bits per heavy atom. The zero-order chi connectivity index (χ0) is 14.4. The highest BCUT2D eigenvalue weighted by Crippen LogP contribution is 2.23. The topological polar surface area (TPSA) is 66.8 Å². The summed E-state index contributed by atoms with van der Waals surface area (Å²) in [6, 6.07) is 7.75. The number of aromatic amines is 1. The average Bonchev–Trinajstić information content (AvgIpc) is 2.86. The van der Waals surface area contributed by atoms with Gasteiger partial charge in [0.15, 0.2) is 0 Å². The molecule has 0 atom stereocenters. The summed E-state index contributed by atoms with van der Waals surface area (Å²) in [6.45, 7) is 6.51. The van der Waals surface area contributed by atoms with Crippen molar-refractivity contribution in [2.75, 3.05) is 13.1 Å². The quantitative estimate of drug-likeness (QED) is 0.792. The molecule has 20 heavy (non-hydrogen) atoms. The van der Waals surface area contributed by atoms with Crippen LogP contribution < -0.4 is 5.69 Å². The van der Waals surface area contributed by atoms with E-state index in [1.54, 1.807) is 11.9 Å². The monoisotopic (exact) mass is 293 g/mol. The summed E-state index contributed by atoms with van der Waals surface area (Å²) < 4.78 is 3.60. The molecule has 0 aliphatic rings. The van der Waals surface area contributed by atoms with Crippen molar-refractivity contribution in [2.45, 2.75) is 31.6 Å². The van der Waals surface area contributed by atoms with E-state index < -0.39 is 0 Å². The summed E-state index contributed by atoms with van der Waals surface area (Å²) in [7, 11) is 0. The summed E-state index contributed by atoms with van der Waals surface area (Å²) in [5.41, 5.74) is 0.384. The Labute approximate surface area is 122 Å². The van der Waals surface area contributed by atoms with Crippen LogP contribution in [0.2, 0.25) is 0 Å². The maximum atomic E-state index is 11.4. The lowest BCUT2D eigenvalue weighted by Gasteiger charge is -2.19. The van der Waals surface area contributed by atoms with Crippen molar-refractivity contribution in [3.8, 4) is 5.69 Å². The summed E-state index contributed by atoms with van der Waals surface area (Å²) in [5, 5.41) is 9.48. The van der Waals surface area contributed by atoms with E-state index in [2.05, 4.69) is 33.7 Å². The van der Waals surface area contributed by atoms with Gasteiger partial charge in [-0.1, -0.05) is 13.8 Å². The summed E-state index contributed by atoms with van der Waals surface area (Å²) in [4.78, 5) is 12.6. The number of benzene rings is 1. The van der Waals surface area contributed by atoms with Crippen LogP contribution >= 0.6 is 11.9 Å². The van der Waals surface area contributed by atoms with E-state index in [1.165, 1.54) is 4.68 Å². The first-order valence-corrected chi connectivity index (χ1v) is 7.55. The summed E-state index contributed by atoms with van der Waals surface area (Å²) >= 11 is 1.75. The first-order valence-electron chi connectivity index (χ1n) is 6.78. The second-order valence-corrected chi connectivity index (χ2v) is 5.60. The van der Waals surface area contributed by atoms with Crippen molar-refractivity contribution < 1.29 is 0 Å². The molecule has 2 aromatic rings. The maximum Gasteiger partial charge on any atom is 0.365 e. The second kappa shape index (κ2) is 7.25. The van der Waals surface area contributed by atoms with Crippen LogP contribution in [0.5, 0.6) is 0 Å². The molecule has 1 aromatic heterocycles. The zero-order valence-electron chi connectivity index (χ0n) is 11.7.